The number of amides is 1. The van der Waals surface area contributed by atoms with Crippen molar-refractivity contribution < 1.29 is 23.1 Å². The Bertz CT molecular complexity index is 739. The number of aliphatic carboxylic acids is 1. The first-order valence-electron chi connectivity index (χ1n) is 8.49. The monoisotopic (exact) mass is 367 g/mol. The number of nitrogens with zero attached hydrogens (tertiary/aromatic N) is 1. The molecule has 138 valence electrons. The third-order valence-corrected chi connectivity index (χ3v) is 7.02. The fourth-order valence-corrected chi connectivity index (χ4v) is 4.23. The minimum Gasteiger partial charge on any atom is -0.481 e. The van der Waals surface area contributed by atoms with E-state index in [0.29, 0.717) is 19.4 Å². The summed E-state index contributed by atoms with van der Waals surface area (Å²) >= 11 is 0. The van der Waals surface area contributed by atoms with Crippen LogP contribution in [0.1, 0.15) is 39.2 Å². The van der Waals surface area contributed by atoms with Gasteiger partial charge in [-0.3, -0.25) is 9.59 Å². The number of benzene rings is 1. The van der Waals surface area contributed by atoms with Gasteiger partial charge in [-0.05, 0) is 51.3 Å². The van der Waals surface area contributed by atoms with Gasteiger partial charge in [-0.25, -0.2) is 8.42 Å². The highest BCUT2D eigenvalue weighted by atomic mass is 32.2. The number of carbonyl (C=O) groups excluding carboxylic acids is 1. The lowest BCUT2D eigenvalue weighted by molar-refractivity contribution is -0.148. The van der Waals surface area contributed by atoms with Crippen molar-refractivity contribution in [3.63, 3.8) is 0 Å². The molecular weight excluding hydrogens is 342 g/mol. The number of hydrogen-bond donors (Lipinski definition) is 1. The van der Waals surface area contributed by atoms with Crippen LogP contribution in [-0.4, -0.2) is 48.1 Å². The molecule has 1 aliphatic heterocycles. The number of hydrogen-bond acceptors (Lipinski definition) is 4. The van der Waals surface area contributed by atoms with Crippen molar-refractivity contribution >= 4 is 21.7 Å². The Morgan fingerprint density at radius 3 is 2.36 bits per heavy atom. The Hall–Kier alpha value is -1.89. The lowest BCUT2D eigenvalue weighted by atomic mass is 9.90. The average Bonchev–Trinajstić information content (AvgIpc) is 2.55. The van der Waals surface area contributed by atoms with Crippen LogP contribution in [0.25, 0.3) is 0 Å². The topological polar surface area (TPSA) is 91.8 Å². The largest absolute Gasteiger partial charge is 0.481 e. The molecular formula is C18H25NO5S. The number of sulfone groups is 1. The highest BCUT2D eigenvalue weighted by molar-refractivity contribution is 7.92. The molecule has 1 amide bonds. The molecule has 7 heteroatoms. The maximum atomic E-state index is 12.6. The average molecular weight is 367 g/mol. The van der Waals surface area contributed by atoms with Crippen LogP contribution < -0.4 is 0 Å². The van der Waals surface area contributed by atoms with Gasteiger partial charge in [0, 0.05) is 12.6 Å². The van der Waals surface area contributed by atoms with E-state index in [1.807, 2.05) is 0 Å². The SMILES string of the molecule is CC(C)S(=O)(=O)c1ccc(CC(=O)N2CCC[C@H](C(=O)O)[C@@H]2C)cc1. The van der Waals surface area contributed by atoms with E-state index in [2.05, 4.69) is 0 Å². The Balaban J connectivity index is 2.09. The zero-order valence-electron chi connectivity index (χ0n) is 14.8. The lowest BCUT2D eigenvalue weighted by Gasteiger charge is -2.37. The summed E-state index contributed by atoms with van der Waals surface area (Å²) in [5, 5.41) is 8.76. The second kappa shape index (κ2) is 7.56. The van der Waals surface area contributed by atoms with Crippen LogP contribution in [0.3, 0.4) is 0 Å². The number of likely N-dealkylation sites (tertiary alicyclic amines) is 1. The molecule has 0 radical (unpaired) electrons. The van der Waals surface area contributed by atoms with Crippen molar-refractivity contribution in [2.45, 2.75) is 56.2 Å². The van der Waals surface area contributed by atoms with E-state index in [9.17, 15) is 23.1 Å². The first-order chi connectivity index (χ1) is 11.6. The van der Waals surface area contributed by atoms with Gasteiger partial charge in [0.05, 0.1) is 22.5 Å². The summed E-state index contributed by atoms with van der Waals surface area (Å²) in [7, 11) is -3.33. The molecule has 1 aromatic carbocycles. The molecule has 1 aromatic rings. The molecule has 0 unspecified atom stereocenters. The second-order valence-electron chi connectivity index (χ2n) is 6.83. The summed E-state index contributed by atoms with van der Waals surface area (Å²) in [6, 6.07) is 6.02. The standard InChI is InChI=1S/C18H25NO5S/c1-12(2)25(23,24)15-8-6-14(7-9-15)11-17(20)19-10-4-5-16(13(19)3)18(21)22/h6-9,12-13,16H,4-5,10-11H2,1-3H3,(H,21,22)/t13-,16-/m0/s1. The van der Waals surface area contributed by atoms with Crippen LogP contribution in [0.5, 0.6) is 0 Å². The Kier molecular flexibility index (Phi) is 5.87. The molecule has 0 aliphatic carbocycles. The van der Waals surface area contributed by atoms with E-state index < -0.39 is 27.0 Å². The van der Waals surface area contributed by atoms with E-state index in [1.54, 1.807) is 37.8 Å². The molecule has 1 aliphatic rings. The minimum absolute atomic E-state index is 0.127. The minimum atomic E-state index is -3.33. The number of rotatable bonds is 5. The van der Waals surface area contributed by atoms with Crippen LogP contribution >= 0.6 is 0 Å². The number of carbonyl (C=O) groups is 2. The zero-order chi connectivity index (χ0) is 18.8. The van der Waals surface area contributed by atoms with Gasteiger partial charge in [0.1, 0.15) is 0 Å². The van der Waals surface area contributed by atoms with Gasteiger partial charge in [0.15, 0.2) is 9.84 Å². The van der Waals surface area contributed by atoms with Crippen molar-refractivity contribution in [1.82, 2.24) is 4.90 Å². The molecule has 1 saturated heterocycles. The van der Waals surface area contributed by atoms with Crippen molar-refractivity contribution in [1.29, 1.82) is 0 Å². The Morgan fingerprint density at radius 2 is 1.84 bits per heavy atom. The van der Waals surface area contributed by atoms with E-state index in [4.69, 9.17) is 0 Å². The molecule has 0 saturated carbocycles. The van der Waals surface area contributed by atoms with Crippen molar-refractivity contribution in [2.24, 2.45) is 5.92 Å². The highest BCUT2D eigenvalue weighted by Crippen LogP contribution is 2.25. The summed E-state index contributed by atoms with van der Waals surface area (Å²) in [5.41, 5.74) is 0.720. The Labute approximate surface area is 148 Å². The summed E-state index contributed by atoms with van der Waals surface area (Å²) in [6.45, 7) is 5.59. The molecule has 0 bridgehead atoms. The highest BCUT2D eigenvalue weighted by Gasteiger charge is 2.35. The first kappa shape index (κ1) is 19.4. The van der Waals surface area contributed by atoms with Gasteiger partial charge in [-0.15, -0.1) is 0 Å². The smallest absolute Gasteiger partial charge is 0.308 e. The van der Waals surface area contributed by atoms with Gasteiger partial charge >= 0.3 is 5.97 Å². The predicted octanol–water partition coefficient (Wildman–Crippen LogP) is 2.12. The van der Waals surface area contributed by atoms with Gasteiger partial charge in [0.25, 0.3) is 0 Å². The van der Waals surface area contributed by atoms with Crippen molar-refractivity contribution in [3.05, 3.63) is 29.8 Å². The summed E-state index contributed by atoms with van der Waals surface area (Å²) in [4.78, 5) is 25.7. The fraction of sp³-hybridized carbons (Fsp3) is 0.556. The summed E-state index contributed by atoms with van der Waals surface area (Å²) < 4.78 is 24.2. The molecule has 2 atom stereocenters. The molecule has 1 heterocycles. The molecule has 2 rings (SSSR count). The van der Waals surface area contributed by atoms with E-state index >= 15 is 0 Å². The molecule has 1 fully saturated rings. The summed E-state index contributed by atoms with van der Waals surface area (Å²) in [6.07, 6.45) is 1.40. The third kappa shape index (κ3) is 4.21. The van der Waals surface area contributed by atoms with E-state index in [1.165, 1.54) is 12.1 Å². The first-order valence-corrected chi connectivity index (χ1v) is 10.0. The second-order valence-corrected chi connectivity index (χ2v) is 9.33. The van der Waals surface area contributed by atoms with Gasteiger partial charge in [0.2, 0.25) is 5.91 Å². The van der Waals surface area contributed by atoms with Gasteiger partial charge in [-0.1, -0.05) is 12.1 Å². The third-order valence-electron chi connectivity index (χ3n) is 4.85. The normalized spacial score (nSPS) is 21.4. The number of carboxylic acids is 1. The van der Waals surface area contributed by atoms with Crippen molar-refractivity contribution in [2.75, 3.05) is 6.54 Å². The lowest BCUT2D eigenvalue weighted by Crippen LogP contribution is -2.49. The van der Waals surface area contributed by atoms with E-state index in [0.717, 1.165) is 5.56 Å². The van der Waals surface area contributed by atoms with Crippen LogP contribution in [0.2, 0.25) is 0 Å². The predicted molar refractivity (Wildman–Crippen MR) is 94.0 cm³/mol. The van der Waals surface area contributed by atoms with Gasteiger partial charge < -0.3 is 10.0 Å². The molecule has 0 aromatic heterocycles. The molecule has 0 spiro atoms. The van der Waals surface area contributed by atoms with Crippen LogP contribution in [0.15, 0.2) is 29.2 Å². The van der Waals surface area contributed by atoms with Crippen LogP contribution in [0, 0.1) is 5.92 Å². The van der Waals surface area contributed by atoms with Crippen molar-refractivity contribution in [3.8, 4) is 0 Å². The van der Waals surface area contributed by atoms with Crippen LogP contribution in [0.4, 0.5) is 0 Å². The number of carboxylic acid groups (broad SMARTS) is 1. The quantitative estimate of drug-likeness (QED) is 0.861. The summed E-state index contributed by atoms with van der Waals surface area (Å²) in [5.74, 6) is -1.53. The molecule has 6 nitrogen and oxygen atoms in total. The van der Waals surface area contributed by atoms with Crippen LogP contribution in [-0.2, 0) is 25.8 Å². The Morgan fingerprint density at radius 1 is 1.24 bits per heavy atom. The molecule has 25 heavy (non-hydrogen) atoms. The zero-order valence-corrected chi connectivity index (χ0v) is 15.6. The maximum absolute atomic E-state index is 12.6. The number of piperidine rings is 1. The van der Waals surface area contributed by atoms with E-state index in [-0.39, 0.29) is 23.3 Å². The molecule has 1 N–H and O–H groups in total. The van der Waals surface area contributed by atoms with Gasteiger partial charge in [-0.2, -0.15) is 0 Å². The maximum Gasteiger partial charge on any atom is 0.308 e. The fourth-order valence-electron chi connectivity index (χ4n) is 3.17.